The van der Waals surface area contributed by atoms with Crippen molar-refractivity contribution in [3.8, 4) is 5.75 Å². The van der Waals surface area contributed by atoms with Gasteiger partial charge in [-0.3, -0.25) is 4.79 Å². The predicted octanol–water partition coefficient (Wildman–Crippen LogP) is 2.90. The number of rotatable bonds is 3. The highest BCUT2D eigenvalue weighted by Crippen LogP contribution is 2.20. The van der Waals surface area contributed by atoms with Gasteiger partial charge in [-0.15, -0.1) is 0 Å². The number of benzene rings is 2. The lowest BCUT2D eigenvalue weighted by Gasteiger charge is -2.18. The second-order valence-electron chi connectivity index (χ2n) is 4.56. The fourth-order valence-electron chi connectivity index (χ4n) is 1.87. The highest BCUT2D eigenvalue weighted by Gasteiger charge is 2.15. The summed E-state index contributed by atoms with van der Waals surface area (Å²) in [5.41, 5.74) is 7.51. The second kappa shape index (κ2) is 5.84. The number of nitrogen functional groups attached to an aromatic ring is 1. The molecule has 0 saturated carbocycles. The fourth-order valence-corrected chi connectivity index (χ4v) is 2.04. The molecule has 0 aliphatic rings. The van der Waals surface area contributed by atoms with Crippen molar-refractivity contribution in [2.24, 2.45) is 0 Å². The third kappa shape index (κ3) is 3.22. The summed E-state index contributed by atoms with van der Waals surface area (Å²) in [6, 6.07) is 11.5. The van der Waals surface area contributed by atoms with Crippen LogP contribution in [0, 0.1) is 0 Å². The van der Waals surface area contributed by atoms with Gasteiger partial charge in [0.15, 0.2) is 0 Å². The number of nitrogens with two attached hydrogens (primary N) is 1. The van der Waals surface area contributed by atoms with Crippen LogP contribution in [0.4, 0.5) is 5.69 Å². The lowest BCUT2D eigenvalue weighted by molar-refractivity contribution is 0.0786. The van der Waals surface area contributed by atoms with Crippen molar-refractivity contribution < 1.29 is 9.90 Å². The molecular weight excluding hydrogens is 276 g/mol. The van der Waals surface area contributed by atoms with Crippen LogP contribution in [0.2, 0.25) is 5.02 Å². The number of phenols is 1. The summed E-state index contributed by atoms with van der Waals surface area (Å²) in [6.45, 7) is 0.422. The summed E-state index contributed by atoms with van der Waals surface area (Å²) in [4.78, 5) is 13.9. The first-order valence-electron chi connectivity index (χ1n) is 6.06. The Morgan fingerprint density at radius 2 is 1.90 bits per heavy atom. The molecule has 2 rings (SSSR count). The van der Waals surface area contributed by atoms with E-state index in [0.29, 0.717) is 22.8 Å². The third-order valence-electron chi connectivity index (χ3n) is 2.95. The summed E-state index contributed by atoms with van der Waals surface area (Å²) in [5, 5.41) is 9.71. The number of nitrogens with zero attached hydrogens (tertiary/aromatic N) is 1. The SMILES string of the molecule is CN(Cc1ccc(O)cc1)C(=O)c1cc(Cl)ccc1N. The molecule has 104 valence electrons. The summed E-state index contributed by atoms with van der Waals surface area (Å²) in [7, 11) is 1.69. The minimum Gasteiger partial charge on any atom is -0.508 e. The molecule has 0 saturated heterocycles. The molecule has 2 aromatic rings. The number of carbonyl (C=O) groups excluding carboxylic acids is 1. The molecule has 2 aromatic carbocycles. The normalized spacial score (nSPS) is 10.3. The van der Waals surface area contributed by atoms with Crippen LogP contribution in [-0.4, -0.2) is 23.0 Å². The van der Waals surface area contributed by atoms with Gasteiger partial charge in [-0.1, -0.05) is 23.7 Å². The molecule has 0 radical (unpaired) electrons. The molecule has 5 heteroatoms. The highest BCUT2D eigenvalue weighted by molar-refractivity contribution is 6.31. The molecule has 0 aromatic heterocycles. The first kappa shape index (κ1) is 14.2. The Bertz CT molecular complexity index is 626. The van der Waals surface area contributed by atoms with Crippen molar-refractivity contribution in [3.05, 3.63) is 58.6 Å². The molecule has 0 heterocycles. The fraction of sp³-hybridized carbons (Fsp3) is 0.133. The minimum absolute atomic E-state index is 0.196. The zero-order chi connectivity index (χ0) is 14.7. The molecule has 20 heavy (non-hydrogen) atoms. The Morgan fingerprint density at radius 1 is 1.25 bits per heavy atom. The lowest BCUT2D eigenvalue weighted by Crippen LogP contribution is -2.26. The van der Waals surface area contributed by atoms with E-state index in [2.05, 4.69) is 0 Å². The average molecular weight is 291 g/mol. The van der Waals surface area contributed by atoms with Crippen molar-refractivity contribution in [2.75, 3.05) is 12.8 Å². The van der Waals surface area contributed by atoms with E-state index in [4.69, 9.17) is 17.3 Å². The number of hydrogen-bond donors (Lipinski definition) is 2. The summed E-state index contributed by atoms with van der Waals surface area (Å²) in [6.07, 6.45) is 0. The van der Waals surface area contributed by atoms with Gasteiger partial charge in [0, 0.05) is 24.3 Å². The number of aromatic hydroxyl groups is 1. The Hall–Kier alpha value is -2.20. The van der Waals surface area contributed by atoms with Crippen molar-refractivity contribution >= 4 is 23.2 Å². The third-order valence-corrected chi connectivity index (χ3v) is 3.18. The number of hydrogen-bond acceptors (Lipinski definition) is 3. The maximum absolute atomic E-state index is 12.3. The Balaban J connectivity index is 2.16. The molecule has 0 spiro atoms. The molecular formula is C15H15ClN2O2. The Morgan fingerprint density at radius 3 is 2.55 bits per heavy atom. The number of anilines is 1. The summed E-state index contributed by atoms with van der Waals surface area (Å²) < 4.78 is 0. The van der Waals surface area contributed by atoms with Gasteiger partial charge in [-0.05, 0) is 35.9 Å². The second-order valence-corrected chi connectivity index (χ2v) is 5.00. The molecule has 3 N–H and O–H groups in total. The van der Waals surface area contributed by atoms with E-state index in [-0.39, 0.29) is 11.7 Å². The quantitative estimate of drug-likeness (QED) is 0.854. The average Bonchev–Trinajstić information content (AvgIpc) is 2.43. The van der Waals surface area contributed by atoms with Gasteiger partial charge in [-0.2, -0.15) is 0 Å². The van der Waals surface area contributed by atoms with Gasteiger partial charge in [0.05, 0.1) is 5.56 Å². The lowest BCUT2D eigenvalue weighted by atomic mass is 10.1. The van der Waals surface area contributed by atoms with Gasteiger partial charge in [0.2, 0.25) is 0 Å². The number of phenolic OH excluding ortho intramolecular Hbond substituents is 1. The van der Waals surface area contributed by atoms with Gasteiger partial charge < -0.3 is 15.7 Å². The molecule has 0 bridgehead atoms. The van der Waals surface area contributed by atoms with Crippen LogP contribution in [-0.2, 0) is 6.54 Å². The number of amides is 1. The van der Waals surface area contributed by atoms with E-state index in [9.17, 15) is 9.90 Å². The molecule has 0 aliphatic heterocycles. The van der Waals surface area contributed by atoms with Gasteiger partial charge in [0.1, 0.15) is 5.75 Å². The van der Waals surface area contributed by atoms with Crippen LogP contribution in [0.5, 0.6) is 5.75 Å². The molecule has 0 atom stereocenters. The first-order chi connectivity index (χ1) is 9.47. The zero-order valence-corrected chi connectivity index (χ0v) is 11.8. The van der Waals surface area contributed by atoms with Crippen molar-refractivity contribution in [2.45, 2.75) is 6.54 Å². The number of halogens is 1. The monoisotopic (exact) mass is 290 g/mol. The zero-order valence-electron chi connectivity index (χ0n) is 11.0. The molecule has 0 fully saturated rings. The van der Waals surface area contributed by atoms with Gasteiger partial charge in [0.25, 0.3) is 5.91 Å². The Labute approximate surface area is 122 Å². The summed E-state index contributed by atoms with van der Waals surface area (Å²) >= 11 is 5.89. The van der Waals surface area contributed by atoms with Crippen molar-refractivity contribution in [1.29, 1.82) is 0 Å². The molecule has 0 unspecified atom stereocenters. The standard InChI is InChI=1S/C15H15ClN2O2/c1-18(9-10-2-5-12(19)6-3-10)15(20)13-8-11(16)4-7-14(13)17/h2-8,19H,9,17H2,1H3. The van der Waals surface area contributed by atoms with Crippen LogP contribution in [0.3, 0.4) is 0 Å². The number of carbonyl (C=O) groups is 1. The summed E-state index contributed by atoms with van der Waals surface area (Å²) in [5.74, 6) is -0.000102. The van der Waals surface area contributed by atoms with Crippen LogP contribution in [0.25, 0.3) is 0 Å². The minimum atomic E-state index is -0.196. The van der Waals surface area contributed by atoms with Crippen molar-refractivity contribution in [1.82, 2.24) is 4.90 Å². The molecule has 1 amide bonds. The van der Waals surface area contributed by atoms with E-state index < -0.39 is 0 Å². The van der Waals surface area contributed by atoms with E-state index in [1.54, 1.807) is 54.4 Å². The highest BCUT2D eigenvalue weighted by atomic mass is 35.5. The molecule has 0 aliphatic carbocycles. The van der Waals surface area contributed by atoms with Crippen LogP contribution in [0.15, 0.2) is 42.5 Å². The first-order valence-corrected chi connectivity index (χ1v) is 6.43. The smallest absolute Gasteiger partial charge is 0.256 e. The van der Waals surface area contributed by atoms with E-state index in [1.165, 1.54) is 0 Å². The van der Waals surface area contributed by atoms with Gasteiger partial charge >= 0.3 is 0 Å². The van der Waals surface area contributed by atoms with Crippen LogP contribution < -0.4 is 5.73 Å². The van der Waals surface area contributed by atoms with Crippen LogP contribution >= 0.6 is 11.6 Å². The van der Waals surface area contributed by atoms with E-state index >= 15 is 0 Å². The maximum atomic E-state index is 12.3. The van der Waals surface area contributed by atoms with Crippen LogP contribution in [0.1, 0.15) is 15.9 Å². The van der Waals surface area contributed by atoms with E-state index in [1.807, 2.05) is 0 Å². The topological polar surface area (TPSA) is 66.6 Å². The van der Waals surface area contributed by atoms with Crippen molar-refractivity contribution in [3.63, 3.8) is 0 Å². The van der Waals surface area contributed by atoms with Gasteiger partial charge in [-0.25, -0.2) is 0 Å². The predicted molar refractivity (Wildman–Crippen MR) is 79.8 cm³/mol. The molecule has 4 nitrogen and oxygen atoms in total. The Kier molecular flexibility index (Phi) is 4.15. The largest absolute Gasteiger partial charge is 0.508 e. The maximum Gasteiger partial charge on any atom is 0.256 e. The van der Waals surface area contributed by atoms with E-state index in [0.717, 1.165) is 5.56 Å².